The van der Waals surface area contributed by atoms with Gasteiger partial charge in [-0.2, -0.15) is 0 Å². The summed E-state index contributed by atoms with van der Waals surface area (Å²) in [6.45, 7) is 3.24. The number of aromatic carboxylic acids is 1. The molecule has 0 unspecified atom stereocenters. The lowest BCUT2D eigenvalue weighted by Gasteiger charge is -2.08. The zero-order valence-electron chi connectivity index (χ0n) is 11.1. The van der Waals surface area contributed by atoms with Gasteiger partial charge < -0.3 is 10.2 Å². The third-order valence-electron chi connectivity index (χ3n) is 2.59. The largest absolute Gasteiger partial charge is 0.483 e. The van der Waals surface area contributed by atoms with Crippen molar-refractivity contribution in [3.05, 3.63) is 47.4 Å². The molecule has 6 nitrogen and oxygen atoms in total. The van der Waals surface area contributed by atoms with Crippen molar-refractivity contribution in [2.24, 2.45) is 0 Å². The van der Waals surface area contributed by atoms with Crippen molar-refractivity contribution < 1.29 is 19.8 Å². The lowest BCUT2D eigenvalue weighted by molar-refractivity contribution is -0.122. The van der Waals surface area contributed by atoms with Crippen LogP contribution in [-0.4, -0.2) is 32.6 Å². The first kappa shape index (κ1) is 15.3. The molecule has 104 valence electrons. The predicted octanol–water partition coefficient (Wildman–Crippen LogP) is 2.16. The van der Waals surface area contributed by atoms with Crippen LogP contribution in [0.15, 0.2) is 30.6 Å². The topological polar surface area (TPSA) is 100 Å². The van der Waals surface area contributed by atoms with Crippen molar-refractivity contribution in [3.63, 3.8) is 0 Å². The maximum Gasteiger partial charge on any atom is 0.337 e. The van der Waals surface area contributed by atoms with Gasteiger partial charge in [0.25, 0.3) is 6.47 Å². The third kappa shape index (κ3) is 3.61. The average molecular weight is 274 g/mol. The zero-order chi connectivity index (χ0) is 15.1. The first-order valence-electron chi connectivity index (χ1n) is 5.71. The molecule has 0 fully saturated rings. The van der Waals surface area contributed by atoms with Crippen molar-refractivity contribution in [2.45, 2.75) is 13.8 Å². The summed E-state index contributed by atoms with van der Waals surface area (Å²) in [6.07, 6.45) is 3.37. The molecule has 0 aliphatic heterocycles. The van der Waals surface area contributed by atoms with E-state index >= 15 is 0 Å². The Morgan fingerprint density at radius 1 is 1.25 bits per heavy atom. The Morgan fingerprint density at radius 2 is 1.80 bits per heavy atom. The number of aromatic nitrogens is 2. The van der Waals surface area contributed by atoms with Crippen LogP contribution in [0.4, 0.5) is 0 Å². The molecule has 0 aromatic carbocycles. The molecular formula is C14H14N2O4. The number of rotatable bonds is 2. The van der Waals surface area contributed by atoms with E-state index in [0.717, 1.165) is 16.8 Å². The van der Waals surface area contributed by atoms with Gasteiger partial charge in [-0.1, -0.05) is 0 Å². The minimum absolute atomic E-state index is 0.250. The summed E-state index contributed by atoms with van der Waals surface area (Å²) in [4.78, 5) is 27.7. The van der Waals surface area contributed by atoms with Gasteiger partial charge in [-0.15, -0.1) is 0 Å². The zero-order valence-corrected chi connectivity index (χ0v) is 11.1. The van der Waals surface area contributed by atoms with Crippen LogP contribution in [0.5, 0.6) is 0 Å². The van der Waals surface area contributed by atoms with E-state index in [-0.39, 0.29) is 12.0 Å². The number of aryl methyl sites for hydroxylation is 2. The van der Waals surface area contributed by atoms with Crippen LogP contribution in [0.3, 0.4) is 0 Å². The molecule has 6 heteroatoms. The Labute approximate surface area is 115 Å². The van der Waals surface area contributed by atoms with Crippen LogP contribution in [0.25, 0.3) is 11.3 Å². The molecule has 0 atom stereocenters. The van der Waals surface area contributed by atoms with Crippen LogP contribution in [0, 0.1) is 13.8 Å². The Morgan fingerprint density at radius 3 is 2.25 bits per heavy atom. The SMILES string of the molecule is Cc1cc(-c2ccncc2)nc(C)c1C(=O)O.O=CO. The highest BCUT2D eigenvalue weighted by Gasteiger charge is 2.13. The van der Waals surface area contributed by atoms with Crippen molar-refractivity contribution in [1.29, 1.82) is 0 Å². The highest BCUT2D eigenvalue weighted by atomic mass is 16.4. The lowest BCUT2D eigenvalue weighted by Crippen LogP contribution is -2.05. The van der Waals surface area contributed by atoms with Crippen LogP contribution >= 0.6 is 0 Å². The summed E-state index contributed by atoms with van der Waals surface area (Å²) >= 11 is 0. The average Bonchev–Trinajstić information content (AvgIpc) is 2.39. The highest BCUT2D eigenvalue weighted by molar-refractivity contribution is 5.91. The molecule has 0 bridgehead atoms. The Bertz CT molecular complexity index is 589. The number of carboxylic acid groups (broad SMARTS) is 2. The molecule has 0 spiro atoms. The maximum atomic E-state index is 11.0. The quantitative estimate of drug-likeness (QED) is 0.814. The monoisotopic (exact) mass is 274 g/mol. The first-order chi connectivity index (χ1) is 9.51. The second kappa shape index (κ2) is 6.98. The van der Waals surface area contributed by atoms with Crippen LogP contribution < -0.4 is 0 Å². The van der Waals surface area contributed by atoms with Gasteiger partial charge in [0.05, 0.1) is 17.0 Å². The molecule has 0 saturated carbocycles. The van der Waals surface area contributed by atoms with Crippen molar-refractivity contribution in [1.82, 2.24) is 9.97 Å². The normalized spacial score (nSPS) is 9.30. The third-order valence-corrected chi connectivity index (χ3v) is 2.59. The molecular weight excluding hydrogens is 260 g/mol. The Kier molecular flexibility index (Phi) is 5.34. The molecule has 2 aromatic rings. The summed E-state index contributed by atoms with van der Waals surface area (Å²) in [7, 11) is 0. The minimum Gasteiger partial charge on any atom is -0.483 e. The summed E-state index contributed by atoms with van der Waals surface area (Å²) in [5, 5.41) is 15.9. The number of carbonyl (C=O) groups is 2. The van der Waals surface area contributed by atoms with E-state index in [9.17, 15) is 4.79 Å². The number of nitrogens with zero attached hydrogens (tertiary/aromatic N) is 2. The van der Waals surface area contributed by atoms with Gasteiger partial charge in [0.2, 0.25) is 0 Å². The highest BCUT2D eigenvalue weighted by Crippen LogP contribution is 2.21. The number of carboxylic acids is 1. The molecule has 0 radical (unpaired) electrons. The fraction of sp³-hybridized carbons (Fsp3) is 0.143. The van der Waals surface area contributed by atoms with Crippen LogP contribution in [0.2, 0.25) is 0 Å². The second-order valence-corrected chi connectivity index (χ2v) is 3.93. The molecule has 0 amide bonds. The number of pyridine rings is 2. The fourth-order valence-electron chi connectivity index (χ4n) is 1.83. The van der Waals surface area contributed by atoms with Crippen molar-refractivity contribution >= 4 is 12.4 Å². The van der Waals surface area contributed by atoms with Gasteiger partial charge in [-0.25, -0.2) is 4.79 Å². The van der Waals surface area contributed by atoms with Crippen LogP contribution in [-0.2, 0) is 4.79 Å². The van der Waals surface area contributed by atoms with E-state index in [1.807, 2.05) is 12.1 Å². The van der Waals surface area contributed by atoms with Gasteiger partial charge in [-0.3, -0.25) is 14.8 Å². The molecule has 0 aliphatic carbocycles. The van der Waals surface area contributed by atoms with E-state index < -0.39 is 5.97 Å². The van der Waals surface area contributed by atoms with E-state index in [0.29, 0.717) is 5.69 Å². The van der Waals surface area contributed by atoms with Gasteiger partial charge in [0.1, 0.15) is 0 Å². The van der Waals surface area contributed by atoms with E-state index in [2.05, 4.69) is 9.97 Å². The van der Waals surface area contributed by atoms with E-state index in [4.69, 9.17) is 15.0 Å². The molecule has 2 rings (SSSR count). The van der Waals surface area contributed by atoms with Gasteiger partial charge >= 0.3 is 5.97 Å². The number of hydrogen-bond donors (Lipinski definition) is 2. The summed E-state index contributed by atoms with van der Waals surface area (Å²) < 4.78 is 0. The summed E-state index contributed by atoms with van der Waals surface area (Å²) in [6, 6.07) is 5.48. The molecule has 2 heterocycles. The fourth-order valence-corrected chi connectivity index (χ4v) is 1.83. The van der Waals surface area contributed by atoms with Crippen molar-refractivity contribution in [3.8, 4) is 11.3 Å². The van der Waals surface area contributed by atoms with Gasteiger partial charge in [0.15, 0.2) is 0 Å². The van der Waals surface area contributed by atoms with E-state index in [1.54, 1.807) is 32.3 Å². The summed E-state index contributed by atoms with van der Waals surface area (Å²) in [5.41, 5.74) is 3.24. The van der Waals surface area contributed by atoms with Crippen molar-refractivity contribution in [2.75, 3.05) is 0 Å². The maximum absolute atomic E-state index is 11.0. The second-order valence-electron chi connectivity index (χ2n) is 3.93. The Balaban J connectivity index is 0.000000612. The Hall–Kier alpha value is -2.76. The summed E-state index contributed by atoms with van der Waals surface area (Å²) in [5.74, 6) is -0.936. The van der Waals surface area contributed by atoms with Crippen LogP contribution in [0.1, 0.15) is 21.6 Å². The molecule has 20 heavy (non-hydrogen) atoms. The minimum atomic E-state index is -0.936. The predicted molar refractivity (Wildman–Crippen MR) is 72.6 cm³/mol. The molecule has 0 saturated heterocycles. The lowest BCUT2D eigenvalue weighted by atomic mass is 10.0. The van der Waals surface area contributed by atoms with E-state index in [1.165, 1.54) is 0 Å². The molecule has 2 aromatic heterocycles. The van der Waals surface area contributed by atoms with Gasteiger partial charge in [-0.05, 0) is 37.6 Å². The molecule has 2 N–H and O–H groups in total. The number of hydrogen-bond acceptors (Lipinski definition) is 4. The molecule has 0 aliphatic rings. The van der Waals surface area contributed by atoms with Gasteiger partial charge in [0, 0.05) is 18.0 Å². The smallest absolute Gasteiger partial charge is 0.337 e. The standard InChI is InChI=1S/C13H12N2O2.CH2O2/c1-8-7-11(10-3-5-14-6-4-10)15-9(2)12(8)13(16)17;2-1-3/h3-7H,1-2H3,(H,16,17);1H,(H,2,3). The first-order valence-corrected chi connectivity index (χ1v) is 5.71.